The van der Waals surface area contributed by atoms with Gasteiger partial charge in [0.05, 0.1) is 16.8 Å². The number of anilines is 1. The Morgan fingerprint density at radius 1 is 1.09 bits per heavy atom. The van der Waals surface area contributed by atoms with Gasteiger partial charge in [-0.05, 0) is 51.8 Å². The minimum absolute atomic E-state index is 0.0694. The van der Waals surface area contributed by atoms with Crippen molar-refractivity contribution in [3.05, 3.63) is 49.9 Å². The number of aromatic nitrogens is 1. The maximum atomic E-state index is 14.5. The fourth-order valence-corrected chi connectivity index (χ4v) is 5.24. The third-order valence-corrected chi connectivity index (χ3v) is 7.33. The molecule has 1 aliphatic heterocycles. The van der Waals surface area contributed by atoms with Crippen LogP contribution in [0.25, 0.3) is 0 Å². The van der Waals surface area contributed by atoms with Crippen LogP contribution in [0.3, 0.4) is 0 Å². The van der Waals surface area contributed by atoms with Crippen molar-refractivity contribution in [1.29, 1.82) is 0 Å². The maximum absolute atomic E-state index is 14.5. The van der Waals surface area contributed by atoms with Gasteiger partial charge in [-0.25, -0.2) is 0 Å². The van der Waals surface area contributed by atoms with E-state index in [0.29, 0.717) is 25.5 Å². The normalized spacial score (nSPS) is 17.7. The number of alkyl halides is 6. The monoisotopic (exact) mass is 620 g/mol. The molecule has 2 aromatic rings. The number of piperidine rings is 1. The lowest BCUT2D eigenvalue weighted by atomic mass is 9.93. The molecule has 1 amide bonds. The van der Waals surface area contributed by atoms with Crippen molar-refractivity contribution in [2.45, 2.75) is 71.0 Å². The van der Waals surface area contributed by atoms with E-state index >= 15 is 0 Å². The standard InChI is InChI=1S/C27H30F6N4O6/c1-5-16-9-15(6-7-37(16)4)36-21-14(3)19(22(42-11-38)20(27(31,32)33)23(21)43-12-39)25(41)34-10-17-18(26(28,29)30)8-13(2)35-24(17)40/h8,11-12,15-16,36H,5-7,9-10H2,1-4H3,(H,34,41)(H,35,40). The van der Waals surface area contributed by atoms with Crippen LogP contribution < -0.4 is 25.7 Å². The third kappa shape index (κ3) is 7.29. The summed E-state index contributed by atoms with van der Waals surface area (Å²) in [5, 5.41) is 4.99. The van der Waals surface area contributed by atoms with Gasteiger partial charge in [-0.1, -0.05) is 6.92 Å². The number of nitrogens with one attached hydrogen (secondary N) is 3. The molecule has 43 heavy (non-hydrogen) atoms. The molecule has 0 radical (unpaired) electrons. The van der Waals surface area contributed by atoms with Crippen molar-refractivity contribution < 1.29 is 50.2 Å². The maximum Gasteiger partial charge on any atom is 0.423 e. The highest BCUT2D eigenvalue weighted by Gasteiger charge is 2.44. The van der Waals surface area contributed by atoms with Gasteiger partial charge in [-0.2, -0.15) is 26.3 Å². The van der Waals surface area contributed by atoms with Gasteiger partial charge in [0.15, 0.2) is 11.5 Å². The molecule has 3 rings (SSSR count). The lowest BCUT2D eigenvalue weighted by molar-refractivity contribution is -0.142. The van der Waals surface area contributed by atoms with Gasteiger partial charge >= 0.3 is 12.4 Å². The van der Waals surface area contributed by atoms with Crippen LogP contribution in [0.5, 0.6) is 11.5 Å². The quantitative estimate of drug-likeness (QED) is 0.265. The highest BCUT2D eigenvalue weighted by Crippen LogP contribution is 2.50. The first-order valence-electron chi connectivity index (χ1n) is 13.1. The molecule has 16 heteroatoms. The second kappa shape index (κ2) is 13.1. The van der Waals surface area contributed by atoms with Gasteiger partial charge in [-0.3, -0.25) is 19.2 Å². The summed E-state index contributed by atoms with van der Waals surface area (Å²) in [5.41, 5.74) is -6.80. The van der Waals surface area contributed by atoms with Gasteiger partial charge < -0.3 is 30.0 Å². The summed E-state index contributed by atoms with van der Waals surface area (Å²) in [6, 6.07) is 0.291. The Bertz CT molecular complexity index is 1440. The molecule has 2 heterocycles. The van der Waals surface area contributed by atoms with Gasteiger partial charge in [0, 0.05) is 36.4 Å². The number of nitrogens with zero attached hydrogens (tertiary/aromatic N) is 1. The fraction of sp³-hybridized carbons (Fsp3) is 0.481. The molecular weight excluding hydrogens is 590 g/mol. The predicted molar refractivity (Wildman–Crippen MR) is 141 cm³/mol. The lowest BCUT2D eigenvalue weighted by Crippen LogP contribution is -2.44. The summed E-state index contributed by atoms with van der Waals surface area (Å²) in [4.78, 5) is 52.6. The van der Waals surface area contributed by atoms with Crippen LogP contribution in [0.1, 0.15) is 64.5 Å². The molecule has 1 fully saturated rings. The number of carbonyl (C=O) groups is 3. The predicted octanol–water partition coefficient (Wildman–Crippen LogP) is 4.31. The SMILES string of the molecule is CCC1CC(Nc2c(C)c(C(=O)NCc3c(C(F)(F)F)cc(C)[nH]c3=O)c(OC=O)c(C(F)(F)F)c2OC=O)CCN1C. The smallest absolute Gasteiger partial charge is 0.423 e. The summed E-state index contributed by atoms with van der Waals surface area (Å²) in [5.74, 6) is -3.76. The second-order valence-corrected chi connectivity index (χ2v) is 10.1. The number of likely N-dealkylation sites (tertiary alicyclic amines) is 1. The van der Waals surface area contributed by atoms with E-state index in [1.165, 1.54) is 13.8 Å². The number of rotatable bonds is 10. The Hall–Kier alpha value is -4.08. The molecule has 10 nitrogen and oxygen atoms in total. The molecule has 0 aliphatic carbocycles. The van der Waals surface area contributed by atoms with Gasteiger partial charge in [0.25, 0.3) is 24.4 Å². The highest BCUT2D eigenvalue weighted by atomic mass is 19.4. The van der Waals surface area contributed by atoms with Crippen molar-refractivity contribution in [2.24, 2.45) is 0 Å². The van der Waals surface area contributed by atoms with Crippen LogP contribution in [-0.2, 0) is 28.5 Å². The zero-order chi connectivity index (χ0) is 32.3. The molecule has 3 N–H and O–H groups in total. The Morgan fingerprint density at radius 3 is 2.28 bits per heavy atom. The zero-order valence-electron chi connectivity index (χ0n) is 23.6. The number of halogens is 6. The van der Waals surface area contributed by atoms with E-state index in [4.69, 9.17) is 4.74 Å². The summed E-state index contributed by atoms with van der Waals surface area (Å²) >= 11 is 0. The van der Waals surface area contributed by atoms with Gasteiger partial charge in [0.2, 0.25) is 0 Å². The number of amides is 1. The molecule has 0 bridgehead atoms. The summed E-state index contributed by atoms with van der Waals surface area (Å²) in [6.07, 6.45) is -8.64. The lowest BCUT2D eigenvalue weighted by Gasteiger charge is -2.38. The van der Waals surface area contributed by atoms with E-state index in [1.54, 1.807) is 0 Å². The number of hydrogen-bond donors (Lipinski definition) is 3. The number of ether oxygens (including phenoxy) is 2. The number of aromatic amines is 1. The second-order valence-electron chi connectivity index (χ2n) is 10.1. The van der Waals surface area contributed by atoms with E-state index < -0.39 is 75.8 Å². The van der Waals surface area contributed by atoms with E-state index in [0.717, 1.165) is 6.42 Å². The van der Waals surface area contributed by atoms with Crippen LogP contribution in [0, 0.1) is 13.8 Å². The van der Waals surface area contributed by atoms with E-state index in [2.05, 4.69) is 19.9 Å². The van der Waals surface area contributed by atoms with Gasteiger partial charge in [-0.15, -0.1) is 0 Å². The molecule has 236 valence electrons. The average Bonchev–Trinajstić information content (AvgIpc) is 2.89. The summed E-state index contributed by atoms with van der Waals surface area (Å²) in [6.45, 7) is 3.26. The Morgan fingerprint density at radius 2 is 1.72 bits per heavy atom. The Labute approximate surface area is 241 Å². The number of H-pyrrole nitrogens is 1. The molecule has 2 unspecified atom stereocenters. The first-order chi connectivity index (χ1) is 20.0. The molecule has 0 spiro atoms. The van der Waals surface area contributed by atoms with Crippen molar-refractivity contribution in [1.82, 2.24) is 15.2 Å². The number of pyridine rings is 1. The summed E-state index contributed by atoms with van der Waals surface area (Å²) < 4.78 is 93.6. The average molecular weight is 621 g/mol. The van der Waals surface area contributed by atoms with E-state index in [-0.39, 0.29) is 30.2 Å². The zero-order valence-corrected chi connectivity index (χ0v) is 23.6. The summed E-state index contributed by atoms with van der Waals surface area (Å²) in [7, 11) is 1.90. The fourth-order valence-electron chi connectivity index (χ4n) is 5.24. The molecule has 2 atom stereocenters. The Kier molecular flexibility index (Phi) is 10.1. The number of aryl methyl sites for hydroxylation is 1. The number of carbonyl (C=O) groups excluding carboxylic acids is 3. The molecular formula is C27H30F6N4O6. The van der Waals surface area contributed by atoms with E-state index in [1.807, 2.05) is 19.3 Å². The first-order valence-corrected chi connectivity index (χ1v) is 13.1. The number of hydrogen-bond acceptors (Lipinski definition) is 8. The van der Waals surface area contributed by atoms with Gasteiger partial charge in [0.1, 0.15) is 5.56 Å². The molecule has 1 saturated heterocycles. The van der Waals surface area contributed by atoms with Crippen LogP contribution in [0.2, 0.25) is 0 Å². The number of benzene rings is 1. The Balaban J connectivity index is 2.19. The van der Waals surface area contributed by atoms with Crippen LogP contribution >= 0.6 is 0 Å². The largest absolute Gasteiger partial charge is 0.427 e. The third-order valence-electron chi connectivity index (χ3n) is 7.33. The van der Waals surface area contributed by atoms with E-state index in [9.17, 15) is 45.5 Å². The van der Waals surface area contributed by atoms with Crippen molar-refractivity contribution in [2.75, 3.05) is 18.9 Å². The van der Waals surface area contributed by atoms with Crippen LogP contribution in [-0.4, -0.2) is 54.4 Å². The molecule has 1 aliphatic rings. The topological polar surface area (TPSA) is 130 Å². The van der Waals surface area contributed by atoms with Crippen LogP contribution in [0.15, 0.2) is 10.9 Å². The first kappa shape index (κ1) is 33.4. The van der Waals surface area contributed by atoms with Crippen molar-refractivity contribution in [3.8, 4) is 11.5 Å². The molecule has 0 saturated carbocycles. The molecule has 1 aromatic heterocycles. The molecule has 1 aromatic carbocycles. The minimum Gasteiger partial charge on any atom is -0.427 e. The van der Waals surface area contributed by atoms with Crippen LogP contribution in [0.4, 0.5) is 32.0 Å². The minimum atomic E-state index is -5.34. The van der Waals surface area contributed by atoms with Crippen molar-refractivity contribution >= 4 is 24.5 Å². The highest BCUT2D eigenvalue weighted by molar-refractivity contribution is 6.02. The van der Waals surface area contributed by atoms with Crippen molar-refractivity contribution in [3.63, 3.8) is 0 Å².